The molecule has 0 aromatic carbocycles. The highest BCUT2D eigenvalue weighted by Crippen LogP contribution is 2.34. The molecule has 118 valence electrons. The van der Waals surface area contributed by atoms with Crippen molar-refractivity contribution in [2.75, 3.05) is 32.8 Å². The first kappa shape index (κ1) is 17.7. The molecule has 2 saturated heterocycles. The van der Waals surface area contributed by atoms with Crippen LogP contribution in [0.2, 0.25) is 0 Å². The summed E-state index contributed by atoms with van der Waals surface area (Å²) in [6.07, 6.45) is 5.42. The van der Waals surface area contributed by atoms with E-state index in [1.165, 1.54) is 19.3 Å². The lowest BCUT2D eigenvalue weighted by atomic mass is 9.78. The van der Waals surface area contributed by atoms with E-state index in [1.807, 2.05) is 0 Å². The Morgan fingerprint density at radius 1 is 1.50 bits per heavy atom. The minimum Gasteiger partial charge on any atom is -0.378 e. The first-order chi connectivity index (χ1) is 9.13. The lowest BCUT2D eigenvalue weighted by molar-refractivity contribution is -0.135. The van der Waals surface area contributed by atoms with E-state index >= 15 is 0 Å². The van der Waals surface area contributed by atoms with Crippen LogP contribution in [-0.2, 0) is 9.53 Å². The van der Waals surface area contributed by atoms with Gasteiger partial charge >= 0.3 is 0 Å². The van der Waals surface area contributed by atoms with Crippen LogP contribution in [0.5, 0.6) is 0 Å². The van der Waals surface area contributed by atoms with Gasteiger partial charge < -0.3 is 15.0 Å². The van der Waals surface area contributed by atoms with E-state index in [1.54, 1.807) is 0 Å². The minimum absolute atomic E-state index is 0. The van der Waals surface area contributed by atoms with E-state index in [0.29, 0.717) is 24.3 Å². The summed E-state index contributed by atoms with van der Waals surface area (Å²) >= 11 is 0. The van der Waals surface area contributed by atoms with Gasteiger partial charge in [-0.25, -0.2) is 0 Å². The molecule has 2 heterocycles. The number of nitrogens with zero attached hydrogens (tertiary/aromatic N) is 1. The van der Waals surface area contributed by atoms with Crippen LogP contribution in [0.25, 0.3) is 0 Å². The van der Waals surface area contributed by atoms with E-state index in [9.17, 15) is 4.79 Å². The number of likely N-dealkylation sites (tertiary alicyclic amines) is 1. The van der Waals surface area contributed by atoms with Crippen molar-refractivity contribution in [1.82, 2.24) is 10.2 Å². The van der Waals surface area contributed by atoms with Crippen molar-refractivity contribution in [3.8, 4) is 0 Å². The number of carbonyl (C=O) groups is 1. The smallest absolute Gasteiger partial charge is 0.224 e. The zero-order chi connectivity index (χ0) is 13.7. The fourth-order valence-electron chi connectivity index (χ4n) is 3.43. The number of halogens is 1. The van der Waals surface area contributed by atoms with E-state index < -0.39 is 0 Å². The first-order valence-electron chi connectivity index (χ1n) is 7.72. The molecular weight excluding hydrogens is 276 g/mol. The zero-order valence-corrected chi connectivity index (χ0v) is 13.6. The Balaban J connectivity index is 0.00000200. The normalized spacial score (nSPS) is 30.7. The van der Waals surface area contributed by atoms with Gasteiger partial charge in [0.2, 0.25) is 5.91 Å². The van der Waals surface area contributed by atoms with Gasteiger partial charge in [-0.2, -0.15) is 0 Å². The summed E-state index contributed by atoms with van der Waals surface area (Å²) in [5.74, 6) is 0.296. The van der Waals surface area contributed by atoms with Crippen LogP contribution < -0.4 is 5.32 Å². The molecule has 5 heteroatoms. The molecule has 0 aromatic heterocycles. The molecule has 0 aromatic rings. The van der Waals surface area contributed by atoms with Crippen molar-refractivity contribution in [1.29, 1.82) is 0 Å². The third kappa shape index (κ3) is 4.90. The number of ether oxygens (including phenoxy) is 1. The zero-order valence-electron chi connectivity index (χ0n) is 12.8. The molecule has 2 atom stereocenters. The average Bonchev–Trinajstić information content (AvgIpc) is 2.40. The highest BCUT2D eigenvalue weighted by Gasteiger charge is 2.33. The van der Waals surface area contributed by atoms with E-state index in [2.05, 4.69) is 24.1 Å². The summed E-state index contributed by atoms with van der Waals surface area (Å²) in [6.45, 7) is 8.74. The Morgan fingerprint density at radius 3 is 2.95 bits per heavy atom. The molecule has 2 fully saturated rings. The second-order valence-corrected chi connectivity index (χ2v) is 6.41. The van der Waals surface area contributed by atoms with Gasteiger partial charge in [0, 0.05) is 32.1 Å². The molecule has 0 radical (unpaired) electrons. The van der Waals surface area contributed by atoms with Crippen molar-refractivity contribution in [2.45, 2.75) is 52.0 Å². The van der Waals surface area contributed by atoms with Crippen molar-refractivity contribution in [3.05, 3.63) is 0 Å². The van der Waals surface area contributed by atoms with Crippen LogP contribution in [0.3, 0.4) is 0 Å². The lowest BCUT2D eigenvalue weighted by Crippen LogP contribution is -2.49. The van der Waals surface area contributed by atoms with Gasteiger partial charge in [0.25, 0.3) is 0 Å². The molecule has 0 spiro atoms. The monoisotopic (exact) mass is 304 g/mol. The van der Waals surface area contributed by atoms with Gasteiger partial charge in [0.05, 0.1) is 13.2 Å². The predicted octanol–water partition coefficient (Wildman–Crippen LogP) is 2.22. The number of piperidine rings is 1. The molecule has 1 N–H and O–H groups in total. The Hall–Kier alpha value is -0.320. The number of amides is 1. The van der Waals surface area contributed by atoms with E-state index in [4.69, 9.17) is 4.74 Å². The molecule has 0 aliphatic carbocycles. The van der Waals surface area contributed by atoms with Crippen molar-refractivity contribution >= 4 is 18.3 Å². The Kier molecular flexibility index (Phi) is 7.27. The van der Waals surface area contributed by atoms with Crippen molar-refractivity contribution < 1.29 is 9.53 Å². The van der Waals surface area contributed by atoms with Gasteiger partial charge in [0.15, 0.2) is 0 Å². The van der Waals surface area contributed by atoms with Crippen LogP contribution >= 0.6 is 12.4 Å². The largest absolute Gasteiger partial charge is 0.378 e. The number of nitrogens with one attached hydrogen (secondary N) is 1. The van der Waals surface area contributed by atoms with Crippen molar-refractivity contribution in [2.24, 2.45) is 5.41 Å². The van der Waals surface area contributed by atoms with Crippen LogP contribution in [0.1, 0.15) is 46.0 Å². The SMILES string of the molecule is CCCC1(C)CCCN(C(=O)CC2COCCN2)C1.Cl. The topological polar surface area (TPSA) is 41.6 Å². The molecule has 2 aliphatic heterocycles. The number of carbonyl (C=O) groups excluding carboxylic acids is 1. The second-order valence-electron chi connectivity index (χ2n) is 6.41. The summed E-state index contributed by atoms with van der Waals surface area (Å²) in [5, 5.41) is 3.36. The van der Waals surface area contributed by atoms with Gasteiger partial charge in [-0.1, -0.05) is 20.3 Å². The minimum atomic E-state index is 0. The van der Waals surface area contributed by atoms with Crippen LogP contribution in [0, 0.1) is 5.41 Å². The maximum absolute atomic E-state index is 12.4. The molecule has 2 unspecified atom stereocenters. The maximum Gasteiger partial charge on any atom is 0.224 e. The average molecular weight is 305 g/mol. The lowest BCUT2D eigenvalue weighted by Gasteiger charge is -2.41. The molecule has 0 saturated carbocycles. The maximum atomic E-state index is 12.4. The standard InChI is InChI=1S/C15H28N2O2.ClH/c1-3-5-15(2)6-4-8-17(12-15)14(18)10-13-11-19-9-7-16-13;/h13,16H,3-12H2,1-2H3;1H. The molecule has 1 amide bonds. The number of rotatable bonds is 4. The van der Waals surface area contributed by atoms with Crippen LogP contribution in [0.4, 0.5) is 0 Å². The third-order valence-electron chi connectivity index (χ3n) is 4.41. The summed E-state index contributed by atoms with van der Waals surface area (Å²) in [7, 11) is 0. The molecule has 2 aliphatic rings. The van der Waals surface area contributed by atoms with Crippen LogP contribution in [0.15, 0.2) is 0 Å². The molecule has 0 bridgehead atoms. The van der Waals surface area contributed by atoms with Crippen LogP contribution in [-0.4, -0.2) is 49.7 Å². The van der Waals surface area contributed by atoms with Gasteiger partial charge in [-0.05, 0) is 24.7 Å². The van der Waals surface area contributed by atoms with Gasteiger partial charge in [-0.15, -0.1) is 12.4 Å². The highest BCUT2D eigenvalue weighted by atomic mass is 35.5. The molecular formula is C15H29ClN2O2. The van der Waals surface area contributed by atoms with E-state index in [-0.39, 0.29) is 18.4 Å². The molecule has 4 nitrogen and oxygen atoms in total. The Morgan fingerprint density at radius 2 is 2.30 bits per heavy atom. The fraction of sp³-hybridized carbons (Fsp3) is 0.933. The Bertz CT molecular complexity index is 304. The van der Waals surface area contributed by atoms with Gasteiger partial charge in [0.1, 0.15) is 0 Å². The summed E-state index contributed by atoms with van der Waals surface area (Å²) in [6, 6.07) is 0.209. The summed E-state index contributed by atoms with van der Waals surface area (Å²) < 4.78 is 5.42. The number of hydrogen-bond donors (Lipinski definition) is 1. The fourth-order valence-corrected chi connectivity index (χ4v) is 3.43. The van der Waals surface area contributed by atoms with Crippen molar-refractivity contribution in [3.63, 3.8) is 0 Å². The highest BCUT2D eigenvalue weighted by molar-refractivity contribution is 5.85. The quantitative estimate of drug-likeness (QED) is 0.866. The molecule has 2 rings (SSSR count). The summed E-state index contributed by atoms with van der Waals surface area (Å²) in [5.41, 5.74) is 0.332. The predicted molar refractivity (Wildman–Crippen MR) is 83.3 cm³/mol. The third-order valence-corrected chi connectivity index (χ3v) is 4.41. The van der Waals surface area contributed by atoms with Gasteiger partial charge in [-0.3, -0.25) is 4.79 Å². The second kappa shape index (κ2) is 8.20. The number of morpholine rings is 1. The number of hydrogen-bond acceptors (Lipinski definition) is 3. The summed E-state index contributed by atoms with van der Waals surface area (Å²) in [4.78, 5) is 14.5. The first-order valence-corrected chi connectivity index (χ1v) is 7.72. The molecule has 20 heavy (non-hydrogen) atoms. The Labute approximate surface area is 129 Å². The van der Waals surface area contributed by atoms with E-state index in [0.717, 1.165) is 32.7 Å².